The first-order chi connectivity index (χ1) is 8.60. The smallest absolute Gasteiger partial charge is 0.322 e. The highest BCUT2D eigenvalue weighted by Gasteiger charge is 2.67. The summed E-state index contributed by atoms with van der Waals surface area (Å²) in [5.41, 5.74) is -0.718. The molecule has 0 aromatic carbocycles. The molecule has 0 spiro atoms. The average Bonchev–Trinajstić information content (AvgIpc) is 2.64. The maximum absolute atomic E-state index is 12.3. The second-order valence-electron chi connectivity index (χ2n) is 6.00. The van der Waals surface area contributed by atoms with Gasteiger partial charge in [-0.25, -0.2) is 0 Å². The fourth-order valence-corrected chi connectivity index (χ4v) is 4.84. The summed E-state index contributed by atoms with van der Waals surface area (Å²) in [5.74, 6) is -0.950. The molecule has 3 nitrogen and oxygen atoms in total. The average molecular weight is 271 g/mol. The molecule has 3 fully saturated rings. The number of esters is 2. The van der Waals surface area contributed by atoms with Gasteiger partial charge < -0.3 is 4.74 Å². The Hall–Kier alpha value is -0.570. The molecule has 1 heterocycles. The van der Waals surface area contributed by atoms with Gasteiger partial charge in [0.1, 0.15) is 5.41 Å². The third-order valence-corrected chi connectivity index (χ3v) is 5.91. The molecule has 18 heavy (non-hydrogen) atoms. The molecule has 4 heteroatoms. The third kappa shape index (κ3) is 1.49. The lowest BCUT2D eigenvalue weighted by Gasteiger charge is -2.48. The Morgan fingerprint density at radius 2 is 1.67 bits per heavy atom. The van der Waals surface area contributed by atoms with Crippen molar-refractivity contribution in [2.45, 2.75) is 62.7 Å². The highest BCUT2D eigenvalue weighted by molar-refractivity contribution is 6.27. The minimum absolute atomic E-state index is 0.283. The molecule has 2 atom stereocenters. The second-order valence-corrected chi connectivity index (χ2v) is 6.73. The predicted octanol–water partition coefficient (Wildman–Crippen LogP) is 3.19. The SMILES string of the molecule is O=C1OC(=O)C2(C3(Cl)CCCCC3)CCCCC12. The van der Waals surface area contributed by atoms with E-state index in [0.717, 1.165) is 51.4 Å². The number of alkyl halides is 1. The van der Waals surface area contributed by atoms with Crippen molar-refractivity contribution in [3.8, 4) is 0 Å². The quantitative estimate of drug-likeness (QED) is 0.418. The van der Waals surface area contributed by atoms with Gasteiger partial charge in [-0.1, -0.05) is 32.1 Å². The Morgan fingerprint density at radius 1 is 1.00 bits per heavy atom. The first-order valence-corrected chi connectivity index (χ1v) is 7.43. The Kier molecular flexibility index (Phi) is 2.92. The van der Waals surface area contributed by atoms with Crippen molar-refractivity contribution in [1.29, 1.82) is 0 Å². The van der Waals surface area contributed by atoms with Crippen LogP contribution in [0, 0.1) is 11.3 Å². The standard InChI is InChI=1S/C14H19ClO3/c15-13(7-3-1-4-8-13)14-9-5-2-6-10(14)11(16)18-12(14)17/h10H,1-9H2. The Labute approximate surface area is 112 Å². The maximum atomic E-state index is 12.3. The molecule has 100 valence electrons. The molecule has 0 radical (unpaired) electrons. The fourth-order valence-electron chi connectivity index (χ4n) is 4.27. The minimum atomic E-state index is -0.718. The summed E-state index contributed by atoms with van der Waals surface area (Å²) < 4.78 is 4.97. The van der Waals surface area contributed by atoms with Crippen LogP contribution in [-0.4, -0.2) is 16.8 Å². The number of hydrogen-bond acceptors (Lipinski definition) is 3. The van der Waals surface area contributed by atoms with Crippen LogP contribution in [-0.2, 0) is 14.3 Å². The van der Waals surface area contributed by atoms with Crippen LogP contribution in [0.5, 0.6) is 0 Å². The van der Waals surface area contributed by atoms with Crippen molar-refractivity contribution in [2.75, 3.05) is 0 Å². The Morgan fingerprint density at radius 3 is 2.39 bits per heavy atom. The van der Waals surface area contributed by atoms with Crippen molar-refractivity contribution in [3.63, 3.8) is 0 Å². The van der Waals surface area contributed by atoms with Gasteiger partial charge in [-0.2, -0.15) is 0 Å². The highest BCUT2D eigenvalue weighted by atomic mass is 35.5. The van der Waals surface area contributed by atoms with Crippen LogP contribution in [0.1, 0.15) is 57.8 Å². The van der Waals surface area contributed by atoms with Crippen LogP contribution in [0.25, 0.3) is 0 Å². The topological polar surface area (TPSA) is 43.4 Å². The number of carbonyl (C=O) groups is 2. The van der Waals surface area contributed by atoms with Crippen LogP contribution >= 0.6 is 11.6 Å². The number of halogens is 1. The van der Waals surface area contributed by atoms with Gasteiger partial charge in [0.2, 0.25) is 0 Å². The zero-order chi connectivity index (χ0) is 12.8. The number of cyclic esters (lactones) is 2. The number of ether oxygens (including phenoxy) is 1. The van der Waals surface area contributed by atoms with Crippen molar-refractivity contribution >= 4 is 23.5 Å². The van der Waals surface area contributed by atoms with E-state index in [4.69, 9.17) is 16.3 Å². The van der Waals surface area contributed by atoms with E-state index in [-0.39, 0.29) is 17.9 Å². The molecule has 2 aliphatic carbocycles. The molecule has 0 amide bonds. The largest absolute Gasteiger partial charge is 0.392 e. The third-order valence-electron chi connectivity index (χ3n) is 5.20. The van der Waals surface area contributed by atoms with E-state index >= 15 is 0 Å². The fraction of sp³-hybridized carbons (Fsp3) is 0.857. The maximum Gasteiger partial charge on any atom is 0.322 e. The van der Waals surface area contributed by atoms with Gasteiger partial charge in [0.05, 0.1) is 10.8 Å². The van der Waals surface area contributed by atoms with Crippen LogP contribution in [0.4, 0.5) is 0 Å². The van der Waals surface area contributed by atoms with E-state index in [1.54, 1.807) is 0 Å². The summed E-state index contributed by atoms with van der Waals surface area (Å²) in [6, 6.07) is 0. The minimum Gasteiger partial charge on any atom is -0.392 e. The Balaban J connectivity index is 2.03. The molecule has 1 aliphatic heterocycles. The van der Waals surface area contributed by atoms with Gasteiger partial charge in [-0.3, -0.25) is 9.59 Å². The number of rotatable bonds is 1. The van der Waals surface area contributed by atoms with Gasteiger partial charge in [-0.05, 0) is 25.7 Å². The second kappa shape index (κ2) is 4.22. The Bertz CT molecular complexity index is 387. The molecule has 2 unspecified atom stereocenters. The number of carbonyl (C=O) groups excluding carboxylic acids is 2. The van der Waals surface area contributed by atoms with Crippen molar-refractivity contribution in [1.82, 2.24) is 0 Å². The number of hydrogen-bond donors (Lipinski definition) is 0. The number of fused-ring (bicyclic) bond motifs is 1. The predicted molar refractivity (Wildman–Crippen MR) is 67.2 cm³/mol. The van der Waals surface area contributed by atoms with Gasteiger partial charge in [0.25, 0.3) is 0 Å². The van der Waals surface area contributed by atoms with E-state index in [9.17, 15) is 9.59 Å². The van der Waals surface area contributed by atoms with Gasteiger partial charge in [0, 0.05) is 0 Å². The van der Waals surface area contributed by atoms with E-state index < -0.39 is 10.3 Å². The molecule has 1 saturated heterocycles. The van der Waals surface area contributed by atoms with Gasteiger partial charge in [0.15, 0.2) is 0 Å². The molecule has 2 saturated carbocycles. The molecule has 0 bridgehead atoms. The van der Waals surface area contributed by atoms with E-state index in [2.05, 4.69) is 0 Å². The van der Waals surface area contributed by atoms with E-state index in [0.29, 0.717) is 0 Å². The molecule has 0 N–H and O–H groups in total. The van der Waals surface area contributed by atoms with Crippen molar-refractivity contribution in [2.24, 2.45) is 11.3 Å². The van der Waals surface area contributed by atoms with Crippen LogP contribution in [0.3, 0.4) is 0 Å². The molecule has 3 rings (SSSR count). The van der Waals surface area contributed by atoms with E-state index in [1.165, 1.54) is 6.42 Å². The van der Waals surface area contributed by atoms with Gasteiger partial charge in [-0.15, -0.1) is 11.6 Å². The highest BCUT2D eigenvalue weighted by Crippen LogP contribution is 2.60. The molecular weight excluding hydrogens is 252 g/mol. The molecule has 0 aromatic rings. The van der Waals surface area contributed by atoms with Crippen molar-refractivity contribution in [3.05, 3.63) is 0 Å². The summed E-state index contributed by atoms with van der Waals surface area (Å²) in [4.78, 5) is 23.7. The molecular formula is C14H19ClO3. The van der Waals surface area contributed by atoms with E-state index in [1.807, 2.05) is 0 Å². The first-order valence-electron chi connectivity index (χ1n) is 7.05. The lowest BCUT2D eigenvalue weighted by Crippen LogP contribution is -2.53. The monoisotopic (exact) mass is 270 g/mol. The summed E-state index contributed by atoms with van der Waals surface area (Å²) in [7, 11) is 0. The summed E-state index contributed by atoms with van der Waals surface area (Å²) in [6.07, 6.45) is 8.44. The normalized spacial score (nSPS) is 39.3. The summed E-state index contributed by atoms with van der Waals surface area (Å²) in [5, 5.41) is 0. The first kappa shape index (κ1) is 12.5. The van der Waals surface area contributed by atoms with Crippen LogP contribution in [0.2, 0.25) is 0 Å². The van der Waals surface area contributed by atoms with Crippen LogP contribution in [0.15, 0.2) is 0 Å². The zero-order valence-electron chi connectivity index (χ0n) is 10.5. The molecule has 0 aromatic heterocycles. The lowest BCUT2D eigenvalue weighted by molar-refractivity contribution is -0.156. The van der Waals surface area contributed by atoms with Gasteiger partial charge >= 0.3 is 11.9 Å². The van der Waals surface area contributed by atoms with Crippen LogP contribution < -0.4 is 0 Å². The lowest BCUT2D eigenvalue weighted by atomic mass is 9.57. The van der Waals surface area contributed by atoms with Crippen molar-refractivity contribution < 1.29 is 14.3 Å². The molecule has 3 aliphatic rings. The zero-order valence-corrected chi connectivity index (χ0v) is 11.3. The summed E-state index contributed by atoms with van der Waals surface area (Å²) in [6.45, 7) is 0. The summed E-state index contributed by atoms with van der Waals surface area (Å²) >= 11 is 6.85.